The zero-order valence-corrected chi connectivity index (χ0v) is 12.1. The molecule has 0 unspecified atom stereocenters. The summed E-state index contributed by atoms with van der Waals surface area (Å²) >= 11 is 6.00. The van der Waals surface area contributed by atoms with Crippen molar-refractivity contribution >= 4 is 23.2 Å². The number of halogens is 1. The number of benzene rings is 1. The number of pyridine rings is 1. The number of amides is 1. The van der Waals surface area contributed by atoms with E-state index >= 15 is 0 Å². The summed E-state index contributed by atoms with van der Waals surface area (Å²) < 4.78 is 1.99. The number of carbonyl (C=O) groups excluding carboxylic acids is 1. The second kappa shape index (κ2) is 4.33. The molecule has 2 aromatic heterocycles. The SMILES string of the molecule is Cc1ccc(-c2cnc3cc(Cl)ccn23)c2c1C(=O)NC2. The highest BCUT2D eigenvalue weighted by Crippen LogP contribution is 2.32. The standard InChI is InChI=1S/C16H12ClN3O/c1-9-2-3-11(12-7-19-16(21)15(9)12)13-8-18-14-6-10(17)4-5-20(13)14/h2-6,8H,7H2,1H3,(H,19,21). The van der Waals surface area contributed by atoms with E-state index in [4.69, 9.17) is 11.6 Å². The van der Waals surface area contributed by atoms with Crippen LogP contribution in [-0.4, -0.2) is 15.3 Å². The van der Waals surface area contributed by atoms with E-state index in [1.807, 2.05) is 48.0 Å². The summed E-state index contributed by atoms with van der Waals surface area (Å²) in [5, 5.41) is 3.55. The fourth-order valence-electron chi connectivity index (χ4n) is 2.92. The van der Waals surface area contributed by atoms with Crippen molar-refractivity contribution in [2.75, 3.05) is 0 Å². The summed E-state index contributed by atoms with van der Waals surface area (Å²) in [6, 6.07) is 7.68. The molecule has 0 aliphatic carbocycles. The van der Waals surface area contributed by atoms with Crippen LogP contribution in [0.4, 0.5) is 0 Å². The number of rotatable bonds is 1. The molecule has 5 heteroatoms. The lowest BCUT2D eigenvalue weighted by molar-refractivity contribution is 0.0965. The van der Waals surface area contributed by atoms with Gasteiger partial charge < -0.3 is 5.32 Å². The molecule has 104 valence electrons. The summed E-state index contributed by atoms with van der Waals surface area (Å²) in [5.41, 5.74) is 5.62. The van der Waals surface area contributed by atoms with Crippen LogP contribution in [0.2, 0.25) is 5.02 Å². The molecule has 0 atom stereocenters. The molecule has 3 heterocycles. The zero-order chi connectivity index (χ0) is 14.6. The smallest absolute Gasteiger partial charge is 0.252 e. The van der Waals surface area contributed by atoms with E-state index in [-0.39, 0.29) is 5.91 Å². The zero-order valence-electron chi connectivity index (χ0n) is 11.4. The van der Waals surface area contributed by atoms with Gasteiger partial charge in [-0.2, -0.15) is 0 Å². The van der Waals surface area contributed by atoms with E-state index in [1.54, 1.807) is 0 Å². The van der Waals surface area contributed by atoms with Crippen molar-refractivity contribution < 1.29 is 4.79 Å². The number of aromatic nitrogens is 2. The maximum Gasteiger partial charge on any atom is 0.252 e. The Labute approximate surface area is 126 Å². The number of carbonyl (C=O) groups is 1. The van der Waals surface area contributed by atoms with Gasteiger partial charge in [-0.1, -0.05) is 23.7 Å². The average molecular weight is 298 g/mol. The van der Waals surface area contributed by atoms with Gasteiger partial charge in [-0.05, 0) is 24.1 Å². The van der Waals surface area contributed by atoms with Crippen molar-refractivity contribution in [3.8, 4) is 11.3 Å². The van der Waals surface area contributed by atoms with Gasteiger partial charge in [0.15, 0.2) is 0 Å². The van der Waals surface area contributed by atoms with Gasteiger partial charge in [0, 0.05) is 35.0 Å². The highest BCUT2D eigenvalue weighted by molar-refractivity contribution is 6.30. The van der Waals surface area contributed by atoms with Crippen LogP contribution in [-0.2, 0) is 6.54 Å². The highest BCUT2D eigenvalue weighted by atomic mass is 35.5. The Morgan fingerprint density at radius 2 is 2.19 bits per heavy atom. The van der Waals surface area contributed by atoms with Crippen molar-refractivity contribution in [1.82, 2.24) is 14.7 Å². The van der Waals surface area contributed by atoms with Crippen LogP contribution < -0.4 is 5.32 Å². The number of aryl methyl sites for hydroxylation is 1. The van der Waals surface area contributed by atoms with Gasteiger partial charge in [0.25, 0.3) is 5.91 Å². The van der Waals surface area contributed by atoms with Crippen LogP contribution in [0.25, 0.3) is 16.9 Å². The van der Waals surface area contributed by atoms with E-state index in [0.29, 0.717) is 11.6 Å². The maximum atomic E-state index is 12.0. The number of fused-ring (bicyclic) bond motifs is 2. The lowest BCUT2D eigenvalue weighted by Crippen LogP contribution is -2.13. The topological polar surface area (TPSA) is 46.4 Å². The van der Waals surface area contributed by atoms with E-state index in [9.17, 15) is 4.79 Å². The molecule has 1 amide bonds. The lowest BCUT2D eigenvalue weighted by Gasteiger charge is -2.09. The van der Waals surface area contributed by atoms with Gasteiger partial charge in [-0.3, -0.25) is 9.20 Å². The molecular weight excluding hydrogens is 286 g/mol. The van der Waals surface area contributed by atoms with E-state index in [0.717, 1.165) is 33.6 Å². The van der Waals surface area contributed by atoms with Gasteiger partial charge in [0.2, 0.25) is 0 Å². The molecule has 1 aliphatic rings. The Morgan fingerprint density at radius 3 is 3.05 bits per heavy atom. The minimum atomic E-state index is 0.00113. The lowest BCUT2D eigenvalue weighted by atomic mass is 9.97. The maximum absolute atomic E-state index is 12.0. The molecule has 0 bridgehead atoms. The fourth-order valence-corrected chi connectivity index (χ4v) is 3.07. The van der Waals surface area contributed by atoms with Gasteiger partial charge in [-0.25, -0.2) is 4.98 Å². The molecule has 0 fully saturated rings. The minimum Gasteiger partial charge on any atom is -0.348 e. The first kappa shape index (κ1) is 12.4. The molecule has 0 spiro atoms. The van der Waals surface area contributed by atoms with E-state index < -0.39 is 0 Å². The normalized spacial score (nSPS) is 13.5. The van der Waals surface area contributed by atoms with Crippen molar-refractivity contribution in [2.24, 2.45) is 0 Å². The average Bonchev–Trinajstić information content (AvgIpc) is 3.04. The van der Waals surface area contributed by atoms with Gasteiger partial charge in [0.1, 0.15) is 5.65 Å². The summed E-state index contributed by atoms with van der Waals surface area (Å²) in [7, 11) is 0. The second-order valence-electron chi connectivity index (χ2n) is 5.18. The second-order valence-corrected chi connectivity index (χ2v) is 5.62. The van der Waals surface area contributed by atoms with Gasteiger partial charge in [0.05, 0.1) is 11.9 Å². The van der Waals surface area contributed by atoms with E-state index in [2.05, 4.69) is 10.3 Å². The molecule has 0 saturated heterocycles. The predicted octanol–water partition coefficient (Wildman–Crippen LogP) is 3.21. The Bertz CT molecular complexity index is 898. The van der Waals surface area contributed by atoms with Crippen LogP contribution in [0, 0.1) is 6.92 Å². The number of nitrogens with one attached hydrogen (secondary N) is 1. The molecule has 0 saturated carbocycles. The Hall–Kier alpha value is -2.33. The Kier molecular flexibility index (Phi) is 2.56. The molecule has 4 nitrogen and oxygen atoms in total. The first-order valence-corrected chi connectivity index (χ1v) is 7.06. The predicted molar refractivity (Wildman–Crippen MR) is 81.5 cm³/mol. The molecule has 4 rings (SSSR count). The van der Waals surface area contributed by atoms with Gasteiger partial charge >= 0.3 is 0 Å². The first-order valence-electron chi connectivity index (χ1n) is 6.69. The Morgan fingerprint density at radius 1 is 1.33 bits per heavy atom. The first-order chi connectivity index (χ1) is 10.1. The molecule has 3 aromatic rings. The summed E-state index contributed by atoms with van der Waals surface area (Å²) in [5.74, 6) is 0.00113. The number of imidazole rings is 1. The molecule has 0 radical (unpaired) electrons. The molecular formula is C16H12ClN3O. The molecule has 1 N–H and O–H groups in total. The van der Waals surface area contributed by atoms with E-state index in [1.165, 1.54) is 0 Å². The quantitative estimate of drug-likeness (QED) is 0.750. The van der Waals surface area contributed by atoms with Crippen LogP contribution in [0.1, 0.15) is 21.5 Å². The van der Waals surface area contributed by atoms with Crippen molar-refractivity contribution in [3.05, 3.63) is 58.4 Å². The third-order valence-electron chi connectivity index (χ3n) is 3.93. The summed E-state index contributed by atoms with van der Waals surface area (Å²) in [6.45, 7) is 2.52. The highest BCUT2D eigenvalue weighted by Gasteiger charge is 2.25. The molecule has 21 heavy (non-hydrogen) atoms. The number of hydrogen-bond acceptors (Lipinski definition) is 2. The Balaban J connectivity index is 2.00. The number of hydrogen-bond donors (Lipinski definition) is 1. The minimum absolute atomic E-state index is 0.00113. The van der Waals surface area contributed by atoms with Gasteiger partial charge in [-0.15, -0.1) is 0 Å². The van der Waals surface area contributed by atoms with Crippen molar-refractivity contribution in [2.45, 2.75) is 13.5 Å². The third kappa shape index (κ3) is 1.76. The summed E-state index contributed by atoms with van der Waals surface area (Å²) in [4.78, 5) is 16.4. The monoisotopic (exact) mass is 297 g/mol. The molecule has 1 aromatic carbocycles. The van der Waals surface area contributed by atoms with Crippen LogP contribution in [0.5, 0.6) is 0 Å². The largest absolute Gasteiger partial charge is 0.348 e. The van der Waals surface area contributed by atoms with Crippen LogP contribution >= 0.6 is 11.6 Å². The fraction of sp³-hybridized carbons (Fsp3) is 0.125. The summed E-state index contributed by atoms with van der Waals surface area (Å²) in [6.07, 6.45) is 3.72. The molecule has 1 aliphatic heterocycles. The van der Waals surface area contributed by atoms with Crippen molar-refractivity contribution in [3.63, 3.8) is 0 Å². The van der Waals surface area contributed by atoms with Crippen molar-refractivity contribution in [1.29, 1.82) is 0 Å². The van der Waals surface area contributed by atoms with Crippen LogP contribution in [0.3, 0.4) is 0 Å². The third-order valence-corrected chi connectivity index (χ3v) is 4.16. The van der Waals surface area contributed by atoms with Crippen LogP contribution in [0.15, 0.2) is 36.7 Å². The number of nitrogens with zero attached hydrogens (tertiary/aromatic N) is 2.